The number of rotatable bonds is 4. The van der Waals surface area contributed by atoms with E-state index in [1.54, 1.807) is 29.7 Å². The van der Waals surface area contributed by atoms with Gasteiger partial charge in [-0.1, -0.05) is 0 Å². The standard InChI is InChI=1S/C17H17N5O3/c1-12-2-4-19-17(20-12)25-10-15-8-21(7-14-6-18-11-22(14)15)16(23)13-3-5-24-9-13/h2-6,9,11,15H,7-8,10H2,1H3. The number of hydrogen-bond donors (Lipinski definition) is 0. The molecule has 1 aliphatic heterocycles. The van der Waals surface area contributed by atoms with Crippen molar-refractivity contribution >= 4 is 5.91 Å². The summed E-state index contributed by atoms with van der Waals surface area (Å²) in [5.41, 5.74) is 2.34. The summed E-state index contributed by atoms with van der Waals surface area (Å²) in [6.45, 7) is 3.25. The summed E-state index contributed by atoms with van der Waals surface area (Å²) in [5, 5.41) is 0. The van der Waals surface area contributed by atoms with E-state index in [1.807, 2.05) is 17.6 Å². The molecule has 0 bridgehead atoms. The summed E-state index contributed by atoms with van der Waals surface area (Å²) in [6, 6.07) is 3.75. The van der Waals surface area contributed by atoms with Crippen LogP contribution < -0.4 is 4.74 Å². The van der Waals surface area contributed by atoms with Crippen LogP contribution in [0.4, 0.5) is 0 Å². The maximum Gasteiger partial charge on any atom is 0.316 e. The van der Waals surface area contributed by atoms with E-state index in [-0.39, 0.29) is 11.9 Å². The summed E-state index contributed by atoms with van der Waals surface area (Å²) in [6.07, 6.45) is 8.15. The summed E-state index contributed by atoms with van der Waals surface area (Å²) in [5.74, 6) is -0.0713. The molecule has 0 saturated heterocycles. The van der Waals surface area contributed by atoms with Crippen LogP contribution in [0.3, 0.4) is 0 Å². The molecule has 0 saturated carbocycles. The molecule has 8 nitrogen and oxygen atoms in total. The van der Waals surface area contributed by atoms with Gasteiger partial charge < -0.3 is 18.6 Å². The van der Waals surface area contributed by atoms with Crippen LogP contribution in [0.5, 0.6) is 6.01 Å². The number of imidazole rings is 1. The third kappa shape index (κ3) is 3.10. The largest absolute Gasteiger partial charge is 0.472 e. The van der Waals surface area contributed by atoms with E-state index in [4.69, 9.17) is 9.15 Å². The number of aryl methyl sites for hydroxylation is 1. The Bertz CT molecular complexity index is 874. The molecule has 25 heavy (non-hydrogen) atoms. The molecule has 1 aliphatic rings. The normalized spacial score (nSPS) is 16.5. The maximum atomic E-state index is 12.6. The fourth-order valence-corrected chi connectivity index (χ4v) is 2.91. The van der Waals surface area contributed by atoms with Gasteiger partial charge in [-0.2, -0.15) is 0 Å². The molecule has 0 N–H and O–H groups in total. The zero-order chi connectivity index (χ0) is 17.2. The first kappa shape index (κ1) is 15.4. The molecule has 0 fully saturated rings. The van der Waals surface area contributed by atoms with Crippen molar-refractivity contribution in [3.8, 4) is 6.01 Å². The van der Waals surface area contributed by atoms with Crippen molar-refractivity contribution < 1.29 is 13.9 Å². The van der Waals surface area contributed by atoms with Gasteiger partial charge in [-0.05, 0) is 19.1 Å². The number of fused-ring (bicyclic) bond motifs is 1. The van der Waals surface area contributed by atoms with Crippen molar-refractivity contribution in [2.45, 2.75) is 19.5 Å². The minimum atomic E-state index is -0.0713. The van der Waals surface area contributed by atoms with E-state index >= 15 is 0 Å². The minimum Gasteiger partial charge on any atom is -0.472 e. The number of ether oxygens (including phenoxy) is 1. The Morgan fingerprint density at radius 2 is 2.36 bits per heavy atom. The average Bonchev–Trinajstić information content (AvgIpc) is 3.30. The number of furan rings is 1. The molecule has 1 amide bonds. The van der Waals surface area contributed by atoms with Crippen LogP contribution in [-0.2, 0) is 6.54 Å². The van der Waals surface area contributed by atoms with E-state index in [0.29, 0.717) is 31.3 Å². The molecule has 1 unspecified atom stereocenters. The Morgan fingerprint density at radius 1 is 1.44 bits per heavy atom. The second-order valence-corrected chi connectivity index (χ2v) is 5.94. The lowest BCUT2D eigenvalue weighted by Crippen LogP contribution is -2.42. The topological polar surface area (TPSA) is 86.3 Å². The van der Waals surface area contributed by atoms with Crippen molar-refractivity contribution in [1.29, 1.82) is 0 Å². The molecule has 4 rings (SSSR count). The number of carbonyl (C=O) groups excluding carboxylic acids is 1. The Labute approximate surface area is 144 Å². The Hall–Kier alpha value is -3.16. The number of aromatic nitrogens is 4. The molecule has 0 radical (unpaired) electrons. The van der Waals surface area contributed by atoms with Gasteiger partial charge in [0.05, 0.1) is 36.4 Å². The molecule has 1 atom stereocenters. The fourth-order valence-electron chi connectivity index (χ4n) is 2.91. The van der Waals surface area contributed by atoms with Crippen LogP contribution in [0.2, 0.25) is 0 Å². The average molecular weight is 339 g/mol. The van der Waals surface area contributed by atoms with Crippen molar-refractivity contribution in [3.63, 3.8) is 0 Å². The van der Waals surface area contributed by atoms with Crippen LogP contribution in [-0.4, -0.2) is 43.5 Å². The zero-order valence-electron chi connectivity index (χ0n) is 13.7. The van der Waals surface area contributed by atoms with Crippen LogP contribution in [0.1, 0.15) is 27.8 Å². The smallest absolute Gasteiger partial charge is 0.316 e. The highest BCUT2D eigenvalue weighted by molar-refractivity contribution is 5.93. The molecule has 3 aromatic heterocycles. The lowest BCUT2D eigenvalue weighted by Gasteiger charge is -2.34. The zero-order valence-corrected chi connectivity index (χ0v) is 13.7. The molecular weight excluding hydrogens is 322 g/mol. The molecular formula is C17H17N5O3. The van der Waals surface area contributed by atoms with Crippen LogP contribution in [0.25, 0.3) is 0 Å². The monoisotopic (exact) mass is 339 g/mol. The van der Waals surface area contributed by atoms with Gasteiger partial charge in [0, 0.05) is 24.6 Å². The van der Waals surface area contributed by atoms with Gasteiger partial charge in [-0.25, -0.2) is 15.0 Å². The summed E-state index contributed by atoms with van der Waals surface area (Å²) in [4.78, 5) is 27.0. The van der Waals surface area contributed by atoms with Crippen LogP contribution >= 0.6 is 0 Å². The van der Waals surface area contributed by atoms with Crippen molar-refractivity contribution in [1.82, 2.24) is 24.4 Å². The Balaban J connectivity index is 1.52. The van der Waals surface area contributed by atoms with Crippen molar-refractivity contribution in [2.75, 3.05) is 13.2 Å². The van der Waals surface area contributed by atoms with E-state index in [9.17, 15) is 4.79 Å². The molecule has 4 heterocycles. The Kier molecular flexibility index (Phi) is 3.93. The number of nitrogens with zero attached hydrogens (tertiary/aromatic N) is 5. The SMILES string of the molecule is Cc1ccnc(OCC2CN(C(=O)c3ccoc3)Cc3cncn32)n1. The quantitative estimate of drug-likeness (QED) is 0.721. The molecule has 8 heteroatoms. The number of amides is 1. The summed E-state index contributed by atoms with van der Waals surface area (Å²) >= 11 is 0. The first-order valence-electron chi connectivity index (χ1n) is 7.95. The van der Waals surface area contributed by atoms with Gasteiger partial charge in [0.25, 0.3) is 5.91 Å². The first-order chi connectivity index (χ1) is 12.2. The predicted octanol–water partition coefficient (Wildman–Crippen LogP) is 1.85. The van der Waals surface area contributed by atoms with E-state index in [2.05, 4.69) is 15.0 Å². The molecule has 3 aromatic rings. The molecule has 128 valence electrons. The Morgan fingerprint density at radius 3 is 3.16 bits per heavy atom. The van der Waals surface area contributed by atoms with Gasteiger partial charge in [-0.15, -0.1) is 0 Å². The van der Waals surface area contributed by atoms with Crippen LogP contribution in [0, 0.1) is 6.92 Å². The van der Waals surface area contributed by atoms with Crippen molar-refractivity contribution in [3.05, 3.63) is 60.3 Å². The lowest BCUT2D eigenvalue weighted by molar-refractivity contribution is 0.0643. The van der Waals surface area contributed by atoms with Gasteiger partial charge in [0.1, 0.15) is 12.9 Å². The molecule has 0 aromatic carbocycles. The fraction of sp³-hybridized carbons (Fsp3) is 0.294. The highest BCUT2D eigenvalue weighted by Gasteiger charge is 2.29. The van der Waals surface area contributed by atoms with E-state index in [1.165, 1.54) is 12.5 Å². The third-order valence-electron chi connectivity index (χ3n) is 4.16. The second kappa shape index (κ2) is 6.39. The molecule has 0 aliphatic carbocycles. The van der Waals surface area contributed by atoms with Gasteiger partial charge >= 0.3 is 6.01 Å². The lowest BCUT2D eigenvalue weighted by atomic mass is 10.1. The highest BCUT2D eigenvalue weighted by Crippen LogP contribution is 2.23. The van der Waals surface area contributed by atoms with Crippen molar-refractivity contribution in [2.24, 2.45) is 0 Å². The van der Waals surface area contributed by atoms with Gasteiger partial charge in [-0.3, -0.25) is 4.79 Å². The minimum absolute atomic E-state index is 0.0637. The summed E-state index contributed by atoms with van der Waals surface area (Å²) in [7, 11) is 0. The summed E-state index contributed by atoms with van der Waals surface area (Å²) < 4.78 is 12.8. The van der Waals surface area contributed by atoms with E-state index in [0.717, 1.165) is 11.4 Å². The van der Waals surface area contributed by atoms with E-state index < -0.39 is 0 Å². The molecule has 0 spiro atoms. The number of carbonyl (C=O) groups is 1. The van der Waals surface area contributed by atoms with Crippen LogP contribution in [0.15, 0.2) is 47.8 Å². The predicted molar refractivity (Wildman–Crippen MR) is 87.0 cm³/mol. The van der Waals surface area contributed by atoms with Gasteiger partial charge in [0.15, 0.2) is 0 Å². The van der Waals surface area contributed by atoms with Gasteiger partial charge in [0.2, 0.25) is 0 Å². The number of hydrogen-bond acceptors (Lipinski definition) is 6. The highest BCUT2D eigenvalue weighted by atomic mass is 16.5. The third-order valence-corrected chi connectivity index (χ3v) is 4.16. The second-order valence-electron chi connectivity index (χ2n) is 5.94. The maximum absolute atomic E-state index is 12.6. The first-order valence-corrected chi connectivity index (χ1v) is 7.95.